The van der Waals surface area contributed by atoms with Crippen LogP contribution < -0.4 is 11.1 Å². The van der Waals surface area contributed by atoms with Gasteiger partial charge in [-0.3, -0.25) is 4.79 Å². The molecule has 1 heterocycles. The van der Waals surface area contributed by atoms with Gasteiger partial charge in [0.25, 0.3) is 0 Å². The lowest BCUT2D eigenvalue weighted by molar-refractivity contribution is -0.120. The van der Waals surface area contributed by atoms with Gasteiger partial charge in [-0.05, 0) is 37.6 Å². The van der Waals surface area contributed by atoms with Gasteiger partial charge in [-0.15, -0.1) is 0 Å². The lowest BCUT2D eigenvalue weighted by Crippen LogP contribution is -2.46. The quantitative estimate of drug-likeness (QED) is 0.740. The zero-order chi connectivity index (χ0) is 10.7. The highest BCUT2D eigenvalue weighted by Crippen LogP contribution is 2.33. The molecule has 3 nitrogen and oxygen atoms in total. The van der Waals surface area contributed by atoms with Crippen molar-refractivity contribution in [3.8, 4) is 0 Å². The van der Waals surface area contributed by atoms with E-state index in [1.807, 2.05) is 0 Å². The van der Waals surface area contributed by atoms with E-state index in [-0.39, 0.29) is 11.9 Å². The SMILES string of the molecule is NC(=O)C1CC(CC2CCCC2)CCN1. The molecule has 3 heteroatoms. The third-order valence-corrected chi connectivity index (χ3v) is 4.00. The Morgan fingerprint density at radius 2 is 1.93 bits per heavy atom. The van der Waals surface area contributed by atoms with Crippen molar-refractivity contribution in [2.75, 3.05) is 6.54 Å². The average Bonchev–Trinajstić information content (AvgIpc) is 2.71. The molecule has 0 aromatic rings. The first-order chi connectivity index (χ1) is 7.25. The van der Waals surface area contributed by atoms with Crippen LogP contribution in [0.2, 0.25) is 0 Å². The number of piperidine rings is 1. The van der Waals surface area contributed by atoms with E-state index in [0.29, 0.717) is 0 Å². The summed E-state index contributed by atoms with van der Waals surface area (Å²) < 4.78 is 0. The molecule has 1 saturated carbocycles. The summed E-state index contributed by atoms with van der Waals surface area (Å²) in [6, 6.07) is -0.0647. The monoisotopic (exact) mass is 210 g/mol. The van der Waals surface area contributed by atoms with Crippen molar-refractivity contribution in [1.29, 1.82) is 0 Å². The van der Waals surface area contributed by atoms with E-state index < -0.39 is 0 Å². The van der Waals surface area contributed by atoms with Gasteiger partial charge in [-0.25, -0.2) is 0 Å². The van der Waals surface area contributed by atoms with Crippen LogP contribution in [-0.2, 0) is 4.79 Å². The zero-order valence-corrected chi connectivity index (χ0v) is 9.37. The molecule has 1 saturated heterocycles. The maximum Gasteiger partial charge on any atom is 0.234 e. The molecular formula is C12H22N2O. The number of nitrogens with one attached hydrogen (secondary N) is 1. The molecule has 2 rings (SSSR count). The molecule has 2 fully saturated rings. The zero-order valence-electron chi connectivity index (χ0n) is 9.37. The van der Waals surface area contributed by atoms with Crippen LogP contribution in [0.15, 0.2) is 0 Å². The molecular weight excluding hydrogens is 188 g/mol. The smallest absolute Gasteiger partial charge is 0.234 e. The van der Waals surface area contributed by atoms with E-state index in [0.717, 1.165) is 24.8 Å². The minimum absolute atomic E-state index is 0.0647. The van der Waals surface area contributed by atoms with Crippen LogP contribution in [0, 0.1) is 11.8 Å². The second-order valence-electron chi connectivity index (χ2n) is 5.19. The van der Waals surface area contributed by atoms with Gasteiger partial charge in [0.15, 0.2) is 0 Å². The van der Waals surface area contributed by atoms with Crippen LogP contribution in [0.3, 0.4) is 0 Å². The summed E-state index contributed by atoms with van der Waals surface area (Å²) in [6.45, 7) is 0.963. The Balaban J connectivity index is 1.79. The number of rotatable bonds is 3. The van der Waals surface area contributed by atoms with Crippen LogP contribution in [-0.4, -0.2) is 18.5 Å². The van der Waals surface area contributed by atoms with Crippen LogP contribution >= 0.6 is 0 Å². The molecule has 2 unspecified atom stereocenters. The maximum atomic E-state index is 11.1. The van der Waals surface area contributed by atoms with Gasteiger partial charge in [0, 0.05) is 0 Å². The molecule has 0 spiro atoms. The largest absolute Gasteiger partial charge is 0.368 e. The van der Waals surface area contributed by atoms with Gasteiger partial charge in [0.05, 0.1) is 6.04 Å². The highest BCUT2D eigenvalue weighted by molar-refractivity contribution is 5.79. The van der Waals surface area contributed by atoms with Gasteiger partial charge in [0.2, 0.25) is 5.91 Å². The predicted octanol–water partition coefficient (Wildman–Crippen LogP) is 1.42. The number of nitrogens with two attached hydrogens (primary N) is 1. The molecule has 3 N–H and O–H groups in total. The Labute approximate surface area is 91.8 Å². The summed E-state index contributed by atoms with van der Waals surface area (Å²) in [5, 5.41) is 3.20. The van der Waals surface area contributed by atoms with Crippen molar-refractivity contribution in [1.82, 2.24) is 5.32 Å². The molecule has 0 aromatic heterocycles. The van der Waals surface area contributed by atoms with Crippen LogP contribution in [0.4, 0.5) is 0 Å². The molecule has 2 aliphatic rings. The Hall–Kier alpha value is -0.570. The predicted molar refractivity (Wildman–Crippen MR) is 60.3 cm³/mol. The molecule has 1 aliphatic carbocycles. The Kier molecular flexibility index (Phi) is 3.62. The number of carbonyl (C=O) groups is 1. The molecule has 15 heavy (non-hydrogen) atoms. The summed E-state index contributed by atoms with van der Waals surface area (Å²) in [5.41, 5.74) is 5.34. The van der Waals surface area contributed by atoms with Crippen LogP contribution in [0.1, 0.15) is 44.9 Å². The van der Waals surface area contributed by atoms with E-state index in [4.69, 9.17) is 5.73 Å². The molecule has 1 amide bonds. The third-order valence-electron chi connectivity index (χ3n) is 4.00. The van der Waals surface area contributed by atoms with Gasteiger partial charge in [-0.1, -0.05) is 25.7 Å². The molecule has 0 aromatic carbocycles. The number of carbonyl (C=O) groups excluding carboxylic acids is 1. The van der Waals surface area contributed by atoms with Gasteiger partial charge in [0.1, 0.15) is 0 Å². The number of primary amides is 1. The highest BCUT2D eigenvalue weighted by atomic mass is 16.1. The van der Waals surface area contributed by atoms with E-state index in [1.54, 1.807) is 0 Å². The summed E-state index contributed by atoms with van der Waals surface area (Å²) >= 11 is 0. The summed E-state index contributed by atoms with van der Waals surface area (Å²) in [7, 11) is 0. The molecule has 0 bridgehead atoms. The molecule has 0 radical (unpaired) electrons. The number of amides is 1. The fourth-order valence-corrected chi connectivity index (χ4v) is 3.14. The lowest BCUT2D eigenvalue weighted by atomic mass is 9.84. The van der Waals surface area contributed by atoms with Crippen molar-refractivity contribution < 1.29 is 4.79 Å². The Morgan fingerprint density at radius 1 is 1.20 bits per heavy atom. The average molecular weight is 210 g/mol. The van der Waals surface area contributed by atoms with Gasteiger partial charge in [-0.2, -0.15) is 0 Å². The van der Waals surface area contributed by atoms with Crippen molar-refractivity contribution >= 4 is 5.91 Å². The minimum Gasteiger partial charge on any atom is -0.368 e. The van der Waals surface area contributed by atoms with Gasteiger partial charge < -0.3 is 11.1 Å². The molecule has 86 valence electrons. The summed E-state index contributed by atoms with van der Waals surface area (Å²) in [6.07, 6.45) is 9.15. The van der Waals surface area contributed by atoms with E-state index in [1.165, 1.54) is 38.5 Å². The molecule has 1 aliphatic heterocycles. The first kappa shape index (κ1) is 10.9. The topological polar surface area (TPSA) is 55.1 Å². The fraction of sp³-hybridized carbons (Fsp3) is 0.917. The summed E-state index contributed by atoms with van der Waals surface area (Å²) in [4.78, 5) is 11.1. The standard InChI is InChI=1S/C12H22N2O/c13-12(15)11-8-10(5-6-14-11)7-9-3-1-2-4-9/h9-11,14H,1-8H2,(H2,13,15). The first-order valence-electron chi connectivity index (χ1n) is 6.28. The minimum atomic E-state index is -0.175. The highest BCUT2D eigenvalue weighted by Gasteiger charge is 2.27. The molecule has 2 atom stereocenters. The van der Waals surface area contributed by atoms with Crippen LogP contribution in [0.5, 0.6) is 0 Å². The first-order valence-corrected chi connectivity index (χ1v) is 6.28. The summed E-state index contributed by atoms with van der Waals surface area (Å²) in [5.74, 6) is 1.49. The maximum absolute atomic E-state index is 11.1. The number of hydrogen-bond acceptors (Lipinski definition) is 2. The second-order valence-corrected chi connectivity index (χ2v) is 5.19. The number of hydrogen-bond donors (Lipinski definition) is 2. The second kappa shape index (κ2) is 4.97. The Bertz CT molecular complexity index is 224. The normalized spacial score (nSPS) is 33.1. The van der Waals surface area contributed by atoms with E-state index in [9.17, 15) is 4.79 Å². The van der Waals surface area contributed by atoms with Gasteiger partial charge >= 0.3 is 0 Å². The fourth-order valence-electron chi connectivity index (χ4n) is 3.14. The van der Waals surface area contributed by atoms with Crippen LogP contribution in [0.25, 0.3) is 0 Å². The van der Waals surface area contributed by atoms with Crippen molar-refractivity contribution in [2.45, 2.75) is 51.0 Å². The van der Waals surface area contributed by atoms with Crippen molar-refractivity contribution in [2.24, 2.45) is 17.6 Å². The third kappa shape index (κ3) is 2.94. The van der Waals surface area contributed by atoms with Crippen molar-refractivity contribution in [3.63, 3.8) is 0 Å². The lowest BCUT2D eigenvalue weighted by Gasteiger charge is -2.30. The Morgan fingerprint density at radius 3 is 2.60 bits per heavy atom. The van der Waals surface area contributed by atoms with E-state index in [2.05, 4.69) is 5.32 Å². The van der Waals surface area contributed by atoms with E-state index >= 15 is 0 Å². The van der Waals surface area contributed by atoms with Crippen molar-refractivity contribution in [3.05, 3.63) is 0 Å².